The first-order valence-electron chi connectivity index (χ1n) is 11.9. The molecule has 38 heavy (non-hydrogen) atoms. The van der Waals surface area contributed by atoms with Gasteiger partial charge in [0.2, 0.25) is 0 Å². The van der Waals surface area contributed by atoms with Crippen molar-refractivity contribution in [2.24, 2.45) is 5.73 Å². The highest BCUT2D eigenvalue weighted by Crippen LogP contribution is 2.32. The molecule has 12 nitrogen and oxygen atoms in total. The summed E-state index contributed by atoms with van der Waals surface area (Å²) in [5, 5.41) is 8.15. The molecule has 0 aliphatic heterocycles. The number of methoxy groups -OCH3 is 1. The smallest absolute Gasteiger partial charge is 0.407 e. The summed E-state index contributed by atoms with van der Waals surface area (Å²) in [5.74, 6) is 0.488. The molecule has 12 heteroatoms. The summed E-state index contributed by atoms with van der Waals surface area (Å²) >= 11 is 0. The molecule has 0 spiro atoms. The van der Waals surface area contributed by atoms with Crippen LogP contribution in [-0.2, 0) is 20.8 Å². The Kier molecular flexibility index (Phi) is 10.1. The number of nitrogens with zero attached hydrogens (tertiary/aromatic N) is 1. The van der Waals surface area contributed by atoms with E-state index in [1.54, 1.807) is 55.6 Å². The van der Waals surface area contributed by atoms with Crippen molar-refractivity contribution in [2.75, 3.05) is 24.4 Å². The van der Waals surface area contributed by atoms with Crippen molar-refractivity contribution in [3.63, 3.8) is 0 Å². The lowest BCUT2D eigenvalue weighted by Crippen LogP contribution is -2.34. The molecule has 2 aromatic carbocycles. The maximum Gasteiger partial charge on any atom is 0.407 e. The van der Waals surface area contributed by atoms with Gasteiger partial charge < -0.3 is 40.3 Å². The molecule has 0 aliphatic rings. The van der Waals surface area contributed by atoms with Gasteiger partial charge in [0.05, 0.1) is 18.9 Å². The Morgan fingerprint density at radius 1 is 1.11 bits per heavy atom. The summed E-state index contributed by atoms with van der Waals surface area (Å²) < 4.78 is 21.0. The molecule has 0 radical (unpaired) electrons. The maximum atomic E-state index is 12.6. The molecule has 202 valence electrons. The number of urea groups is 1. The third-order valence-electron chi connectivity index (χ3n) is 5.29. The Bertz CT molecular complexity index is 1230. The third kappa shape index (κ3) is 8.23. The predicted octanol–water partition coefficient (Wildman–Crippen LogP) is 3.89. The van der Waals surface area contributed by atoms with Gasteiger partial charge in [-0.15, -0.1) is 0 Å². The number of aromatic nitrogens is 1. The van der Waals surface area contributed by atoms with Crippen LogP contribution in [0.1, 0.15) is 25.8 Å². The monoisotopic (exact) mass is 525 g/mol. The minimum Gasteiger partial charge on any atom is -0.496 e. The number of rotatable bonds is 11. The van der Waals surface area contributed by atoms with Gasteiger partial charge in [-0.25, -0.2) is 14.6 Å². The van der Waals surface area contributed by atoms with Crippen LogP contribution in [0.5, 0.6) is 5.75 Å². The maximum absolute atomic E-state index is 12.6. The molecule has 2 atom stereocenters. The number of hydrogen-bond donors (Lipinski definition) is 4. The van der Waals surface area contributed by atoms with Crippen LogP contribution in [0.4, 0.5) is 21.0 Å². The van der Waals surface area contributed by atoms with Crippen LogP contribution in [-0.4, -0.2) is 48.9 Å². The van der Waals surface area contributed by atoms with Gasteiger partial charge in [-0.2, -0.15) is 0 Å². The zero-order valence-electron chi connectivity index (χ0n) is 21.4. The highest BCUT2D eigenvalue weighted by atomic mass is 16.6. The molecule has 3 aromatic rings. The van der Waals surface area contributed by atoms with Crippen molar-refractivity contribution in [2.45, 2.75) is 39.0 Å². The Balaban J connectivity index is 1.51. The zero-order valence-corrected chi connectivity index (χ0v) is 21.4. The van der Waals surface area contributed by atoms with Crippen molar-refractivity contribution in [1.29, 1.82) is 0 Å². The van der Waals surface area contributed by atoms with Crippen LogP contribution >= 0.6 is 0 Å². The van der Waals surface area contributed by atoms with E-state index in [0.717, 1.165) is 5.56 Å². The molecular formula is C26H31N5O7. The Morgan fingerprint density at radius 3 is 2.53 bits per heavy atom. The van der Waals surface area contributed by atoms with Crippen LogP contribution in [0.15, 0.2) is 59.5 Å². The lowest BCUT2D eigenvalue weighted by molar-refractivity contribution is -0.147. The van der Waals surface area contributed by atoms with Gasteiger partial charge in [-0.3, -0.25) is 4.79 Å². The number of esters is 1. The number of benzene rings is 2. The Morgan fingerprint density at radius 2 is 1.87 bits per heavy atom. The summed E-state index contributed by atoms with van der Waals surface area (Å²) in [6.45, 7) is 3.40. The summed E-state index contributed by atoms with van der Waals surface area (Å²) in [7, 11) is 1.52. The first-order valence-corrected chi connectivity index (χ1v) is 11.9. The van der Waals surface area contributed by atoms with Crippen LogP contribution in [0.3, 0.4) is 0 Å². The van der Waals surface area contributed by atoms with E-state index in [0.29, 0.717) is 34.9 Å². The summed E-state index contributed by atoms with van der Waals surface area (Å²) in [6.07, 6.45) is 2.10. The van der Waals surface area contributed by atoms with Crippen LogP contribution < -0.4 is 26.4 Å². The lowest BCUT2D eigenvalue weighted by atomic mass is 10.1. The highest BCUT2D eigenvalue weighted by molar-refractivity contribution is 6.00. The van der Waals surface area contributed by atoms with E-state index in [1.807, 2.05) is 0 Å². The number of hydrogen-bond acceptors (Lipinski definition) is 9. The summed E-state index contributed by atoms with van der Waals surface area (Å²) in [5.41, 5.74) is 7.92. The van der Waals surface area contributed by atoms with Crippen molar-refractivity contribution < 1.29 is 33.0 Å². The molecule has 3 rings (SSSR count). The Labute approximate surface area is 219 Å². The van der Waals surface area contributed by atoms with Gasteiger partial charge in [0, 0.05) is 24.0 Å². The molecule has 1 aromatic heterocycles. The second-order valence-corrected chi connectivity index (χ2v) is 8.27. The first-order chi connectivity index (χ1) is 18.3. The minimum atomic E-state index is -0.752. The number of anilines is 2. The van der Waals surface area contributed by atoms with Gasteiger partial charge >= 0.3 is 18.1 Å². The van der Waals surface area contributed by atoms with E-state index in [4.69, 9.17) is 24.4 Å². The molecule has 0 saturated carbocycles. The molecule has 1 unspecified atom stereocenters. The topological polar surface area (TPSA) is 167 Å². The van der Waals surface area contributed by atoms with Crippen LogP contribution in [0, 0.1) is 0 Å². The van der Waals surface area contributed by atoms with E-state index in [9.17, 15) is 14.4 Å². The number of carbonyl (C=O) groups excluding carboxylic acids is 3. The van der Waals surface area contributed by atoms with Gasteiger partial charge in [-0.05, 0) is 43.2 Å². The molecule has 3 amide bonds. The second-order valence-electron chi connectivity index (χ2n) is 8.27. The van der Waals surface area contributed by atoms with Crippen molar-refractivity contribution >= 4 is 29.5 Å². The van der Waals surface area contributed by atoms with Gasteiger partial charge in [0.1, 0.15) is 24.5 Å². The standard InChI is InChI=1S/C26H31N5O7/c1-4-20(14-36-24(32)16(2)27)38-26(34)29-12-17-6-5-7-18(10-17)30-25(33)31-19-8-9-21(22(11-19)35-3)23-13-28-15-37-23/h5-11,13,15-16,20H,4,12,14,27H2,1-3H3,(H,29,34)(H2,30,31,33)/t16-,20?/m1/s1. The van der Waals surface area contributed by atoms with E-state index in [2.05, 4.69) is 20.9 Å². The third-order valence-corrected chi connectivity index (χ3v) is 5.29. The van der Waals surface area contributed by atoms with Crippen LogP contribution in [0.25, 0.3) is 11.3 Å². The molecule has 0 saturated heterocycles. The fourth-order valence-corrected chi connectivity index (χ4v) is 3.28. The van der Waals surface area contributed by atoms with Crippen LogP contribution in [0.2, 0.25) is 0 Å². The fraction of sp³-hybridized carbons (Fsp3) is 0.308. The fourth-order valence-electron chi connectivity index (χ4n) is 3.28. The van der Waals surface area contributed by atoms with Crippen molar-refractivity contribution in [3.8, 4) is 17.1 Å². The molecule has 5 N–H and O–H groups in total. The Hall–Kier alpha value is -4.58. The number of nitrogens with one attached hydrogen (secondary N) is 3. The van der Waals surface area contributed by atoms with Gasteiger partial charge in [0.15, 0.2) is 12.2 Å². The highest BCUT2D eigenvalue weighted by Gasteiger charge is 2.17. The van der Waals surface area contributed by atoms with E-state index in [-0.39, 0.29) is 13.2 Å². The van der Waals surface area contributed by atoms with Gasteiger partial charge in [0.25, 0.3) is 0 Å². The first kappa shape index (κ1) is 28.0. The molecule has 0 aliphatic carbocycles. The average molecular weight is 526 g/mol. The lowest BCUT2D eigenvalue weighted by Gasteiger charge is -2.17. The molecule has 0 fully saturated rings. The second kappa shape index (κ2) is 13.7. The normalized spacial score (nSPS) is 12.1. The number of amides is 3. The number of alkyl carbamates (subject to hydrolysis) is 1. The molecular weight excluding hydrogens is 494 g/mol. The summed E-state index contributed by atoms with van der Waals surface area (Å²) in [6, 6.07) is 10.9. The molecule has 0 bridgehead atoms. The van der Waals surface area contributed by atoms with Crippen molar-refractivity contribution in [3.05, 3.63) is 60.6 Å². The minimum absolute atomic E-state index is 0.0759. The number of ether oxygens (including phenoxy) is 3. The molecule has 1 heterocycles. The van der Waals surface area contributed by atoms with E-state index >= 15 is 0 Å². The van der Waals surface area contributed by atoms with Crippen molar-refractivity contribution in [1.82, 2.24) is 10.3 Å². The largest absolute Gasteiger partial charge is 0.496 e. The predicted molar refractivity (Wildman–Crippen MR) is 140 cm³/mol. The quantitative estimate of drug-likeness (QED) is 0.272. The zero-order chi connectivity index (χ0) is 27.5. The number of oxazole rings is 1. The number of carbonyl (C=O) groups is 3. The van der Waals surface area contributed by atoms with E-state index in [1.165, 1.54) is 20.4 Å². The SMILES string of the molecule is CCC(COC(=O)[C@@H](C)N)OC(=O)NCc1cccc(NC(=O)Nc2ccc(-c3cnco3)c(OC)c2)c1. The number of nitrogens with two attached hydrogens (primary N) is 1. The average Bonchev–Trinajstić information content (AvgIpc) is 3.44. The van der Waals surface area contributed by atoms with Gasteiger partial charge in [-0.1, -0.05) is 19.1 Å². The van der Waals surface area contributed by atoms with E-state index < -0.39 is 30.2 Å². The summed E-state index contributed by atoms with van der Waals surface area (Å²) in [4.78, 5) is 40.1.